The van der Waals surface area contributed by atoms with Gasteiger partial charge in [0.15, 0.2) is 0 Å². The van der Waals surface area contributed by atoms with E-state index in [1.165, 1.54) is 4.90 Å². The Bertz CT molecular complexity index is 568. The van der Waals surface area contributed by atoms with Gasteiger partial charge in [0.1, 0.15) is 0 Å². The van der Waals surface area contributed by atoms with Crippen LogP contribution in [-0.4, -0.2) is 46.4 Å². The van der Waals surface area contributed by atoms with Crippen molar-refractivity contribution in [2.45, 2.75) is 46.3 Å². The Balaban J connectivity index is 2.02. The first-order chi connectivity index (χ1) is 10.7. The number of amides is 1. The van der Waals surface area contributed by atoms with Crippen LogP contribution in [0.5, 0.6) is 0 Å². The third kappa shape index (κ3) is 4.46. The van der Waals surface area contributed by atoms with Crippen molar-refractivity contribution in [1.82, 2.24) is 14.7 Å². The smallest absolute Gasteiger partial charge is 0.323 e. The number of nitrogens with zero attached hydrogens (tertiary/aromatic N) is 3. The van der Waals surface area contributed by atoms with Crippen molar-refractivity contribution in [3.63, 3.8) is 0 Å². The van der Waals surface area contributed by atoms with E-state index in [2.05, 4.69) is 10.4 Å². The maximum Gasteiger partial charge on any atom is 0.401 e. The van der Waals surface area contributed by atoms with Crippen LogP contribution in [0, 0.1) is 19.8 Å². The number of hydrogen-bond donors (Lipinski definition) is 1. The molecular formula is C15H23F3N4O. The van der Waals surface area contributed by atoms with Gasteiger partial charge in [-0.2, -0.15) is 18.3 Å². The molecule has 1 amide bonds. The molecule has 1 atom stereocenters. The van der Waals surface area contributed by atoms with Gasteiger partial charge in [0, 0.05) is 13.1 Å². The van der Waals surface area contributed by atoms with Gasteiger partial charge >= 0.3 is 6.18 Å². The van der Waals surface area contributed by atoms with Crippen LogP contribution in [0.2, 0.25) is 0 Å². The molecule has 0 radical (unpaired) electrons. The van der Waals surface area contributed by atoms with Crippen molar-refractivity contribution < 1.29 is 18.0 Å². The summed E-state index contributed by atoms with van der Waals surface area (Å²) >= 11 is 0. The molecule has 1 aliphatic rings. The van der Waals surface area contributed by atoms with Gasteiger partial charge in [0.05, 0.1) is 29.5 Å². The number of piperidine rings is 1. The van der Waals surface area contributed by atoms with E-state index in [9.17, 15) is 18.0 Å². The minimum absolute atomic E-state index is 0.144. The number of alkyl halides is 3. The highest BCUT2D eigenvalue weighted by Gasteiger charge is 2.34. The molecule has 2 heterocycles. The number of rotatable bonds is 4. The van der Waals surface area contributed by atoms with E-state index >= 15 is 0 Å². The molecule has 8 heteroatoms. The van der Waals surface area contributed by atoms with Gasteiger partial charge in [0.2, 0.25) is 5.91 Å². The molecule has 0 aromatic carbocycles. The van der Waals surface area contributed by atoms with Gasteiger partial charge < -0.3 is 5.32 Å². The lowest BCUT2D eigenvalue weighted by Crippen LogP contribution is -2.44. The molecule has 1 aromatic heterocycles. The highest BCUT2D eigenvalue weighted by Crippen LogP contribution is 2.25. The lowest BCUT2D eigenvalue weighted by atomic mass is 9.97. The van der Waals surface area contributed by atoms with Crippen molar-refractivity contribution in [3.8, 4) is 0 Å². The molecule has 0 spiro atoms. The predicted molar refractivity (Wildman–Crippen MR) is 81.2 cm³/mol. The monoisotopic (exact) mass is 332 g/mol. The van der Waals surface area contributed by atoms with Crippen LogP contribution < -0.4 is 5.32 Å². The minimum Gasteiger partial charge on any atom is -0.323 e. The summed E-state index contributed by atoms with van der Waals surface area (Å²) in [7, 11) is 0. The fourth-order valence-electron chi connectivity index (χ4n) is 3.08. The largest absolute Gasteiger partial charge is 0.401 e. The van der Waals surface area contributed by atoms with Gasteiger partial charge in [-0.05, 0) is 40.2 Å². The molecule has 130 valence electrons. The maximum atomic E-state index is 12.5. The Hall–Kier alpha value is -1.57. The van der Waals surface area contributed by atoms with Gasteiger partial charge in [-0.15, -0.1) is 0 Å². The summed E-state index contributed by atoms with van der Waals surface area (Å²) in [6, 6.07) is 0. The van der Waals surface area contributed by atoms with Gasteiger partial charge in [-0.25, -0.2) is 0 Å². The number of anilines is 1. The first-order valence-electron chi connectivity index (χ1n) is 7.85. The third-order valence-corrected chi connectivity index (χ3v) is 4.21. The first-order valence-corrected chi connectivity index (χ1v) is 7.85. The number of carbonyl (C=O) groups is 1. The SMILES string of the molecule is CCn1nc(C)c(NC(=O)C2CCCN(CC(F)(F)F)C2)c1C. The van der Waals surface area contributed by atoms with E-state index in [0.29, 0.717) is 31.6 Å². The standard InChI is InChI=1S/C15H23F3N4O/c1-4-22-11(3)13(10(2)20-22)19-14(23)12-6-5-7-21(8-12)9-15(16,17)18/h12H,4-9H2,1-3H3,(H,19,23). The Morgan fingerprint density at radius 2 is 2.09 bits per heavy atom. The molecule has 0 saturated carbocycles. The minimum atomic E-state index is -4.23. The van der Waals surface area contributed by atoms with Crippen LogP contribution in [0.25, 0.3) is 0 Å². The predicted octanol–water partition coefficient (Wildman–Crippen LogP) is 2.73. The summed E-state index contributed by atoms with van der Waals surface area (Å²) in [5.74, 6) is -0.645. The highest BCUT2D eigenvalue weighted by molar-refractivity contribution is 5.93. The molecular weight excluding hydrogens is 309 g/mol. The topological polar surface area (TPSA) is 50.2 Å². The molecule has 1 aliphatic heterocycles. The summed E-state index contributed by atoms with van der Waals surface area (Å²) in [5, 5.41) is 7.19. The van der Waals surface area contributed by atoms with Crippen molar-refractivity contribution >= 4 is 11.6 Å². The molecule has 0 bridgehead atoms. The molecule has 2 rings (SSSR count). The molecule has 0 aliphatic carbocycles. The lowest BCUT2D eigenvalue weighted by Gasteiger charge is -2.32. The zero-order chi connectivity index (χ0) is 17.2. The fourth-order valence-corrected chi connectivity index (χ4v) is 3.08. The molecule has 1 N–H and O–H groups in total. The van der Waals surface area contributed by atoms with Crippen molar-refractivity contribution in [1.29, 1.82) is 0 Å². The lowest BCUT2D eigenvalue weighted by molar-refractivity contribution is -0.151. The zero-order valence-electron chi connectivity index (χ0n) is 13.7. The van der Waals surface area contributed by atoms with Gasteiger partial charge in [0.25, 0.3) is 0 Å². The molecule has 5 nitrogen and oxygen atoms in total. The van der Waals surface area contributed by atoms with E-state index in [1.54, 1.807) is 4.68 Å². The average molecular weight is 332 g/mol. The van der Waals surface area contributed by atoms with Crippen LogP contribution in [0.3, 0.4) is 0 Å². The van der Waals surface area contributed by atoms with Gasteiger partial charge in [-0.1, -0.05) is 0 Å². The number of carbonyl (C=O) groups excluding carboxylic acids is 1. The number of aryl methyl sites for hydroxylation is 2. The Kier molecular flexibility index (Phi) is 5.33. The van der Waals surface area contributed by atoms with Gasteiger partial charge in [-0.3, -0.25) is 14.4 Å². The third-order valence-electron chi connectivity index (χ3n) is 4.21. The van der Waals surface area contributed by atoms with Crippen LogP contribution in [0.4, 0.5) is 18.9 Å². The van der Waals surface area contributed by atoms with Crippen molar-refractivity contribution in [2.24, 2.45) is 5.92 Å². The first kappa shape index (κ1) is 17.8. The number of likely N-dealkylation sites (tertiary alicyclic amines) is 1. The van der Waals surface area contributed by atoms with E-state index in [-0.39, 0.29) is 12.5 Å². The Labute approximate surface area is 133 Å². The van der Waals surface area contributed by atoms with E-state index in [4.69, 9.17) is 0 Å². The summed E-state index contributed by atoms with van der Waals surface area (Å²) in [6.07, 6.45) is -3.02. The number of aromatic nitrogens is 2. The van der Waals surface area contributed by atoms with Crippen molar-refractivity contribution in [3.05, 3.63) is 11.4 Å². The normalized spacial score (nSPS) is 19.8. The molecule has 23 heavy (non-hydrogen) atoms. The quantitative estimate of drug-likeness (QED) is 0.922. The maximum absolute atomic E-state index is 12.5. The second-order valence-corrected chi connectivity index (χ2v) is 6.04. The molecule has 1 fully saturated rings. The number of hydrogen-bond acceptors (Lipinski definition) is 3. The van der Waals surface area contributed by atoms with Crippen LogP contribution in [0.1, 0.15) is 31.2 Å². The van der Waals surface area contributed by atoms with Crippen LogP contribution >= 0.6 is 0 Å². The summed E-state index contributed by atoms with van der Waals surface area (Å²) < 4.78 is 39.3. The fraction of sp³-hybridized carbons (Fsp3) is 0.733. The number of nitrogens with one attached hydrogen (secondary N) is 1. The van der Waals surface area contributed by atoms with Crippen LogP contribution in [-0.2, 0) is 11.3 Å². The van der Waals surface area contributed by atoms with E-state index in [0.717, 1.165) is 11.4 Å². The average Bonchev–Trinajstić information content (AvgIpc) is 2.73. The summed E-state index contributed by atoms with van der Waals surface area (Å²) in [4.78, 5) is 13.7. The summed E-state index contributed by atoms with van der Waals surface area (Å²) in [6.45, 7) is 5.91. The molecule has 1 aromatic rings. The highest BCUT2D eigenvalue weighted by atomic mass is 19.4. The summed E-state index contributed by atoms with van der Waals surface area (Å²) in [5.41, 5.74) is 2.26. The second-order valence-electron chi connectivity index (χ2n) is 6.04. The number of halogens is 3. The second kappa shape index (κ2) is 6.90. The molecule has 1 unspecified atom stereocenters. The van der Waals surface area contributed by atoms with E-state index < -0.39 is 18.6 Å². The van der Waals surface area contributed by atoms with E-state index in [1.807, 2.05) is 20.8 Å². The molecule has 1 saturated heterocycles. The Morgan fingerprint density at radius 1 is 1.39 bits per heavy atom. The zero-order valence-corrected chi connectivity index (χ0v) is 13.7. The Morgan fingerprint density at radius 3 is 2.65 bits per heavy atom. The van der Waals surface area contributed by atoms with Crippen molar-refractivity contribution in [2.75, 3.05) is 25.0 Å². The van der Waals surface area contributed by atoms with Crippen LogP contribution in [0.15, 0.2) is 0 Å².